The minimum atomic E-state index is -2.93. The topological polar surface area (TPSA) is 66.5 Å². The van der Waals surface area contributed by atoms with Crippen molar-refractivity contribution in [3.63, 3.8) is 0 Å². The minimum Gasteiger partial charge on any atom is -0.354 e. The number of nitrogens with zero attached hydrogens (tertiary/aromatic N) is 1. The molecule has 0 saturated carbocycles. The van der Waals surface area contributed by atoms with Crippen molar-refractivity contribution in [2.24, 2.45) is 0 Å². The predicted molar refractivity (Wildman–Crippen MR) is 85.3 cm³/mol. The maximum Gasteiger partial charge on any atom is 0.237 e. The number of hydrogen-bond donors (Lipinski definition) is 1. The number of sulfone groups is 1. The van der Waals surface area contributed by atoms with Crippen LogP contribution in [0.2, 0.25) is 0 Å². The normalized spacial score (nSPS) is 20.6. The third-order valence-electron chi connectivity index (χ3n) is 3.77. The van der Waals surface area contributed by atoms with Crippen LogP contribution in [0.1, 0.15) is 18.2 Å². The zero-order valence-corrected chi connectivity index (χ0v) is 13.9. The van der Waals surface area contributed by atoms with Gasteiger partial charge in [0.25, 0.3) is 0 Å². The molecule has 0 aromatic carbocycles. The molecule has 0 bridgehead atoms. The number of carbonyl (C=O) groups is 1. The Morgan fingerprint density at radius 2 is 2.24 bits per heavy atom. The quantitative estimate of drug-likeness (QED) is 0.872. The lowest BCUT2D eigenvalue weighted by Gasteiger charge is -2.26. The minimum absolute atomic E-state index is 0.0224. The van der Waals surface area contributed by atoms with Crippen LogP contribution in [0.5, 0.6) is 0 Å². The van der Waals surface area contributed by atoms with Crippen molar-refractivity contribution < 1.29 is 13.2 Å². The first-order valence-corrected chi connectivity index (χ1v) is 9.92. The summed E-state index contributed by atoms with van der Waals surface area (Å²) in [5.41, 5.74) is 0. The van der Waals surface area contributed by atoms with Gasteiger partial charge in [0.2, 0.25) is 5.91 Å². The molecule has 1 fully saturated rings. The molecular weight excluding hydrogens is 308 g/mol. The molecule has 1 aliphatic rings. The first-order valence-electron chi connectivity index (χ1n) is 7.22. The molecule has 1 N–H and O–H groups in total. The number of nitrogens with one attached hydrogen (secondary N) is 1. The Kier molecular flexibility index (Phi) is 5.78. The highest BCUT2D eigenvalue weighted by Gasteiger charge is 2.25. The highest BCUT2D eigenvalue weighted by molar-refractivity contribution is 7.91. The number of thiophene rings is 1. The van der Waals surface area contributed by atoms with Crippen LogP contribution in [0.15, 0.2) is 17.5 Å². The van der Waals surface area contributed by atoms with E-state index in [9.17, 15) is 13.2 Å². The average molecular weight is 330 g/mol. The first kappa shape index (κ1) is 16.5. The zero-order chi connectivity index (χ0) is 15.3. The van der Waals surface area contributed by atoms with E-state index in [1.165, 1.54) is 4.88 Å². The fraction of sp³-hybridized carbons (Fsp3) is 0.643. The number of hydrogen-bond acceptors (Lipinski definition) is 5. The van der Waals surface area contributed by atoms with Crippen LogP contribution in [0.25, 0.3) is 0 Å². The second kappa shape index (κ2) is 7.38. The van der Waals surface area contributed by atoms with E-state index in [4.69, 9.17) is 0 Å². The van der Waals surface area contributed by atoms with Gasteiger partial charge in [0, 0.05) is 18.0 Å². The maximum atomic E-state index is 12.1. The van der Waals surface area contributed by atoms with E-state index in [0.29, 0.717) is 26.1 Å². The lowest BCUT2D eigenvalue weighted by molar-refractivity contribution is -0.125. The molecule has 0 radical (unpaired) electrons. The highest BCUT2D eigenvalue weighted by Crippen LogP contribution is 2.10. The molecule has 1 saturated heterocycles. The molecule has 1 amide bonds. The number of amides is 1. The van der Waals surface area contributed by atoms with Crippen LogP contribution in [-0.2, 0) is 21.1 Å². The SMILES string of the molecule is C[C@@H](C(=O)NCCc1cccs1)N1CCCS(=O)(=O)CC1. The van der Waals surface area contributed by atoms with Gasteiger partial charge in [0.15, 0.2) is 9.84 Å². The van der Waals surface area contributed by atoms with Crippen molar-refractivity contribution in [1.82, 2.24) is 10.2 Å². The van der Waals surface area contributed by atoms with Crippen LogP contribution >= 0.6 is 11.3 Å². The van der Waals surface area contributed by atoms with Gasteiger partial charge in [-0.3, -0.25) is 9.69 Å². The Morgan fingerprint density at radius 3 is 2.95 bits per heavy atom. The fourth-order valence-electron chi connectivity index (χ4n) is 2.42. The molecule has 1 aromatic heterocycles. The summed E-state index contributed by atoms with van der Waals surface area (Å²) in [5.74, 6) is 0.363. The van der Waals surface area contributed by atoms with E-state index in [2.05, 4.69) is 11.4 Å². The van der Waals surface area contributed by atoms with Crippen LogP contribution in [-0.4, -0.2) is 56.4 Å². The Morgan fingerprint density at radius 1 is 1.43 bits per heavy atom. The van der Waals surface area contributed by atoms with E-state index in [0.717, 1.165) is 6.42 Å². The van der Waals surface area contributed by atoms with Gasteiger partial charge in [-0.2, -0.15) is 0 Å². The summed E-state index contributed by atoms with van der Waals surface area (Å²) >= 11 is 1.69. The highest BCUT2D eigenvalue weighted by atomic mass is 32.2. The molecule has 0 aliphatic carbocycles. The van der Waals surface area contributed by atoms with Crippen LogP contribution in [0.3, 0.4) is 0 Å². The molecule has 5 nitrogen and oxygen atoms in total. The van der Waals surface area contributed by atoms with E-state index >= 15 is 0 Å². The van der Waals surface area contributed by atoms with Crippen molar-refractivity contribution in [3.05, 3.63) is 22.4 Å². The summed E-state index contributed by atoms with van der Waals surface area (Å²) < 4.78 is 23.2. The monoisotopic (exact) mass is 330 g/mol. The van der Waals surface area contributed by atoms with E-state index < -0.39 is 9.84 Å². The third kappa shape index (κ3) is 5.09. The van der Waals surface area contributed by atoms with Crippen molar-refractivity contribution in [2.75, 3.05) is 31.1 Å². The zero-order valence-electron chi connectivity index (χ0n) is 12.2. The Labute approximate surface area is 130 Å². The summed E-state index contributed by atoms with van der Waals surface area (Å²) in [7, 11) is -2.93. The molecule has 7 heteroatoms. The van der Waals surface area contributed by atoms with Crippen LogP contribution in [0, 0.1) is 0 Å². The van der Waals surface area contributed by atoms with Crippen LogP contribution in [0.4, 0.5) is 0 Å². The van der Waals surface area contributed by atoms with Gasteiger partial charge < -0.3 is 5.32 Å². The number of rotatable bonds is 5. The standard InChI is InChI=1S/C14H22N2O3S2/c1-12(16-7-3-10-21(18,19)11-8-16)14(17)15-6-5-13-4-2-9-20-13/h2,4,9,12H,3,5-8,10-11H2,1H3,(H,15,17)/t12-/m0/s1. The summed E-state index contributed by atoms with van der Waals surface area (Å²) in [4.78, 5) is 15.4. The molecule has 21 heavy (non-hydrogen) atoms. The molecule has 0 unspecified atom stereocenters. The Bertz CT molecular complexity index is 555. The lowest BCUT2D eigenvalue weighted by atomic mass is 10.2. The molecule has 1 atom stereocenters. The van der Waals surface area contributed by atoms with Gasteiger partial charge in [0.1, 0.15) is 0 Å². The second-order valence-electron chi connectivity index (χ2n) is 5.34. The molecular formula is C14H22N2O3S2. The van der Waals surface area contributed by atoms with Crippen molar-refractivity contribution in [3.8, 4) is 0 Å². The molecule has 1 aromatic rings. The van der Waals surface area contributed by atoms with Crippen LogP contribution < -0.4 is 5.32 Å². The largest absolute Gasteiger partial charge is 0.354 e. The molecule has 1 aliphatic heterocycles. The summed E-state index contributed by atoms with van der Waals surface area (Å²) in [6, 6.07) is 3.78. The third-order valence-corrected chi connectivity index (χ3v) is 6.42. The first-order chi connectivity index (χ1) is 9.98. The van der Waals surface area contributed by atoms with Gasteiger partial charge >= 0.3 is 0 Å². The van der Waals surface area contributed by atoms with E-state index in [1.807, 2.05) is 23.3 Å². The smallest absolute Gasteiger partial charge is 0.237 e. The molecule has 2 heterocycles. The van der Waals surface area contributed by atoms with Crippen molar-refractivity contribution >= 4 is 27.1 Å². The van der Waals surface area contributed by atoms with E-state index in [-0.39, 0.29) is 23.5 Å². The van der Waals surface area contributed by atoms with Gasteiger partial charge in [-0.1, -0.05) is 6.07 Å². The maximum absolute atomic E-state index is 12.1. The van der Waals surface area contributed by atoms with Gasteiger partial charge in [-0.05, 0) is 37.8 Å². The Balaban J connectivity index is 1.78. The molecule has 0 spiro atoms. The van der Waals surface area contributed by atoms with Gasteiger partial charge in [-0.15, -0.1) is 11.3 Å². The number of carbonyl (C=O) groups excluding carboxylic acids is 1. The molecule has 118 valence electrons. The van der Waals surface area contributed by atoms with Gasteiger partial charge in [0.05, 0.1) is 17.5 Å². The second-order valence-corrected chi connectivity index (χ2v) is 8.67. The van der Waals surface area contributed by atoms with Crippen molar-refractivity contribution in [1.29, 1.82) is 0 Å². The summed E-state index contributed by atoms with van der Waals surface area (Å²) in [5, 5.41) is 4.96. The summed E-state index contributed by atoms with van der Waals surface area (Å²) in [6.45, 7) is 3.58. The lowest BCUT2D eigenvalue weighted by Crippen LogP contribution is -2.46. The van der Waals surface area contributed by atoms with Crippen molar-refractivity contribution in [2.45, 2.75) is 25.8 Å². The fourth-order valence-corrected chi connectivity index (χ4v) is 4.42. The average Bonchev–Trinajstić information content (AvgIpc) is 2.88. The van der Waals surface area contributed by atoms with E-state index in [1.54, 1.807) is 11.3 Å². The van der Waals surface area contributed by atoms with Gasteiger partial charge in [-0.25, -0.2) is 8.42 Å². The predicted octanol–water partition coefficient (Wildman–Crippen LogP) is 0.916. The molecule has 2 rings (SSSR count). The summed E-state index contributed by atoms with van der Waals surface area (Å²) in [6.07, 6.45) is 1.44. The Hall–Kier alpha value is -0.920.